The third kappa shape index (κ3) is 3.46. The Morgan fingerprint density at radius 2 is 1.72 bits per heavy atom. The summed E-state index contributed by atoms with van der Waals surface area (Å²) >= 11 is 0. The highest BCUT2D eigenvalue weighted by Crippen LogP contribution is 2.35. The average molecular weight is 353 g/mol. The van der Waals surface area contributed by atoms with Crippen molar-refractivity contribution in [3.05, 3.63) is 84.0 Å². The summed E-state index contributed by atoms with van der Waals surface area (Å²) in [5.41, 5.74) is 3.19. The molecule has 0 bridgehead atoms. The zero-order valence-electron chi connectivity index (χ0n) is 14.6. The van der Waals surface area contributed by atoms with E-state index in [1.807, 2.05) is 62.4 Å². The van der Waals surface area contributed by atoms with Gasteiger partial charge in [0.05, 0.1) is 4.90 Å². The van der Waals surface area contributed by atoms with E-state index in [4.69, 9.17) is 0 Å². The number of sulfonamides is 1. The van der Waals surface area contributed by atoms with Gasteiger partial charge in [0.15, 0.2) is 0 Å². The summed E-state index contributed by atoms with van der Waals surface area (Å²) in [6.07, 6.45) is 3.93. The van der Waals surface area contributed by atoms with Gasteiger partial charge >= 0.3 is 0 Å². The van der Waals surface area contributed by atoms with E-state index in [0.717, 1.165) is 16.7 Å². The standard InChI is InChI=1S/C21H23NO2S/c1-4-21-17(3)22(15-19(21)14-18-8-6-5-7-9-18)25(23,24)20-12-10-16(2)11-13-20/h4-14,17,21H,1,15H2,2-3H3/b19-14+/t17-,21+/m1/s1. The van der Waals surface area contributed by atoms with Gasteiger partial charge in [-0.3, -0.25) is 0 Å². The van der Waals surface area contributed by atoms with Crippen LogP contribution in [0.2, 0.25) is 0 Å². The van der Waals surface area contributed by atoms with Gasteiger partial charge in [-0.2, -0.15) is 4.31 Å². The molecule has 2 atom stereocenters. The third-order valence-electron chi connectivity index (χ3n) is 4.77. The maximum atomic E-state index is 13.1. The quantitative estimate of drug-likeness (QED) is 0.770. The van der Waals surface area contributed by atoms with Crippen molar-refractivity contribution in [1.29, 1.82) is 0 Å². The molecule has 130 valence electrons. The minimum atomic E-state index is -3.53. The van der Waals surface area contributed by atoms with Gasteiger partial charge in [0.25, 0.3) is 0 Å². The minimum absolute atomic E-state index is 0.0143. The van der Waals surface area contributed by atoms with Crippen LogP contribution < -0.4 is 0 Å². The molecular formula is C21H23NO2S. The van der Waals surface area contributed by atoms with Gasteiger partial charge in [-0.05, 0) is 37.1 Å². The van der Waals surface area contributed by atoms with E-state index in [1.165, 1.54) is 0 Å². The second-order valence-corrected chi connectivity index (χ2v) is 8.39. The predicted molar refractivity (Wildman–Crippen MR) is 103 cm³/mol. The summed E-state index contributed by atoms with van der Waals surface area (Å²) in [6, 6.07) is 16.8. The molecule has 0 spiro atoms. The number of hydrogen-bond donors (Lipinski definition) is 0. The van der Waals surface area contributed by atoms with E-state index in [9.17, 15) is 8.42 Å². The van der Waals surface area contributed by atoms with Gasteiger partial charge in [0, 0.05) is 18.5 Å². The molecule has 1 heterocycles. The van der Waals surface area contributed by atoms with Gasteiger partial charge in [-0.15, -0.1) is 6.58 Å². The van der Waals surface area contributed by atoms with E-state index in [2.05, 4.69) is 12.7 Å². The maximum Gasteiger partial charge on any atom is 0.243 e. The van der Waals surface area contributed by atoms with Crippen molar-refractivity contribution in [2.45, 2.75) is 24.8 Å². The maximum absolute atomic E-state index is 13.1. The van der Waals surface area contributed by atoms with Gasteiger partial charge in [0.2, 0.25) is 10.0 Å². The molecule has 0 N–H and O–H groups in total. The lowest BCUT2D eigenvalue weighted by atomic mass is 9.95. The van der Waals surface area contributed by atoms with Gasteiger partial charge in [0.1, 0.15) is 0 Å². The molecule has 1 fully saturated rings. The number of benzene rings is 2. The van der Waals surface area contributed by atoms with Crippen molar-refractivity contribution in [2.75, 3.05) is 6.54 Å². The summed E-state index contributed by atoms with van der Waals surface area (Å²) in [5.74, 6) is 0.0143. The molecule has 1 saturated heterocycles. The van der Waals surface area contributed by atoms with Crippen LogP contribution >= 0.6 is 0 Å². The zero-order chi connectivity index (χ0) is 18.0. The van der Waals surface area contributed by atoms with Crippen LogP contribution in [0.4, 0.5) is 0 Å². The SMILES string of the molecule is C=C[C@@H]1/C(=C/c2ccccc2)CN(S(=O)(=O)c2ccc(C)cc2)[C@@H]1C. The summed E-state index contributed by atoms with van der Waals surface area (Å²) in [5, 5.41) is 0. The molecular weight excluding hydrogens is 330 g/mol. The molecule has 25 heavy (non-hydrogen) atoms. The van der Waals surface area contributed by atoms with E-state index in [0.29, 0.717) is 11.4 Å². The van der Waals surface area contributed by atoms with Crippen molar-refractivity contribution < 1.29 is 8.42 Å². The van der Waals surface area contributed by atoms with E-state index >= 15 is 0 Å². The Hall–Kier alpha value is -2.17. The Balaban J connectivity index is 1.97. The molecule has 1 aliphatic rings. The predicted octanol–water partition coefficient (Wildman–Crippen LogP) is 4.27. The second-order valence-electron chi connectivity index (χ2n) is 6.50. The topological polar surface area (TPSA) is 37.4 Å². The summed E-state index contributed by atoms with van der Waals surface area (Å²) < 4.78 is 27.7. The van der Waals surface area contributed by atoms with Crippen molar-refractivity contribution in [1.82, 2.24) is 4.31 Å². The van der Waals surface area contributed by atoms with Crippen molar-refractivity contribution >= 4 is 16.1 Å². The van der Waals surface area contributed by atoms with Crippen molar-refractivity contribution in [3.8, 4) is 0 Å². The molecule has 3 nitrogen and oxygen atoms in total. The van der Waals surface area contributed by atoms with E-state index in [1.54, 1.807) is 16.4 Å². The molecule has 0 aliphatic carbocycles. The van der Waals surface area contributed by atoms with E-state index < -0.39 is 10.0 Å². The molecule has 1 aliphatic heterocycles. The van der Waals surface area contributed by atoms with Crippen LogP contribution in [-0.2, 0) is 10.0 Å². The number of nitrogens with zero attached hydrogens (tertiary/aromatic N) is 1. The molecule has 0 unspecified atom stereocenters. The molecule has 2 aromatic rings. The Morgan fingerprint density at radius 1 is 1.08 bits per heavy atom. The lowest BCUT2D eigenvalue weighted by Crippen LogP contribution is -2.35. The first-order valence-corrected chi connectivity index (χ1v) is 9.84. The molecule has 4 heteroatoms. The number of aryl methyl sites for hydroxylation is 1. The minimum Gasteiger partial charge on any atom is -0.207 e. The summed E-state index contributed by atoms with van der Waals surface area (Å²) in [4.78, 5) is 0.341. The molecule has 0 aromatic heterocycles. The molecule has 0 saturated carbocycles. The Morgan fingerprint density at radius 3 is 2.32 bits per heavy atom. The normalized spacial score (nSPS) is 23.0. The van der Waals surface area contributed by atoms with Crippen LogP contribution in [0.1, 0.15) is 18.1 Å². The lowest BCUT2D eigenvalue weighted by Gasteiger charge is -2.22. The van der Waals surface area contributed by atoms with Crippen LogP contribution in [0.15, 0.2) is 77.7 Å². The second kappa shape index (κ2) is 6.98. The smallest absolute Gasteiger partial charge is 0.207 e. The van der Waals surface area contributed by atoms with Crippen molar-refractivity contribution in [2.24, 2.45) is 5.92 Å². The van der Waals surface area contributed by atoms with Crippen LogP contribution in [0.25, 0.3) is 6.08 Å². The summed E-state index contributed by atoms with van der Waals surface area (Å²) in [6.45, 7) is 8.21. The van der Waals surface area contributed by atoms with Crippen LogP contribution in [-0.4, -0.2) is 25.3 Å². The number of rotatable bonds is 4. The highest BCUT2D eigenvalue weighted by Gasteiger charge is 2.40. The number of hydrogen-bond acceptors (Lipinski definition) is 2. The Bertz CT molecular complexity index is 883. The van der Waals surface area contributed by atoms with Gasteiger partial charge in [-0.25, -0.2) is 8.42 Å². The van der Waals surface area contributed by atoms with Gasteiger partial charge < -0.3 is 0 Å². The Kier molecular flexibility index (Phi) is 4.93. The fraction of sp³-hybridized carbons (Fsp3) is 0.238. The van der Waals surface area contributed by atoms with Crippen LogP contribution in [0, 0.1) is 12.8 Å². The fourth-order valence-electron chi connectivity index (χ4n) is 3.32. The molecule has 0 amide bonds. The third-order valence-corrected chi connectivity index (χ3v) is 6.72. The summed E-state index contributed by atoms with van der Waals surface area (Å²) in [7, 11) is -3.53. The fourth-order valence-corrected chi connectivity index (χ4v) is 4.96. The average Bonchev–Trinajstić information content (AvgIpc) is 2.92. The van der Waals surface area contributed by atoms with Crippen molar-refractivity contribution in [3.63, 3.8) is 0 Å². The first-order chi connectivity index (χ1) is 11.9. The monoisotopic (exact) mass is 353 g/mol. The molecule has 0 radical (unpaired) electrons. The van der Waals surface area contributed by atoms with Crippen LogP contribution in [0.5, 0.6) is 0 Å². The molecule has 3 rings (SSSR count). The highest BCUT2D eigenvalue weighted by molar-refractivity contribution is 7.89. The molecule has 2 aromatic carbocycles. The first-order valence-electron chi connectivity index (χ1n) is 8.40. The largest absolute Gasteiger partial charge is 0.243 e. The van der Waals surface area contributed by atoms with E-state index in [-0.39, 0.29) is 12.0 Å². The lowest BCUT2D eigenvalue weighted by molar-refractivity contribution is 0.385. The van der Waals surface area contributed by atoms with Crippen LogP contribution in [0.3, 0.4) is 0 Å². The highest BCUT2D eigenvalue weighted by atomic mass is 32.2. The Labute approximate surface area is 150 Å². The zero-order valence-corrected chi connectivity index (χ0v) is 15.4. The first kappa shape index (κ1) is 17.6. The van der Waals surface area contributed by atoms with Gasteiger partial charge in [-0.1, -0.05) is 60.2 Å².